The van der Waals surface area contributed by atoms with Gasteiger partial charge in [-0.2, -0.15) is 5.26 Å². The van der Waals surface area contributed by atoms with E-state index in [1.165, 1.54) is 12.0 Å². The number of methoxy groups -OCH3 is 1. The molecule has 1 aliphatic rings. The fourth-order valence-electron chi connectivity index (χ4n) is 2.79. The predicted molar refractivity (Wildman–Crippen MR) is 89.2 cm³/mol. The quantitative estimate of drug-likeness (QED) is 0.731. The summed E-state index contributed by atoms with van der Waals surface area (Å²) in [5, 5.41) is 8.91. The molecular weight excluding hydrogens is 324 g/mol. The lowest BCUT2D eigenvalue weighted by atomic mass is 10.0. The molecule has 0 aromatic heterocycles. The number of hydrogen-bond donors (Lipinski definition) is 0. The van der Waals surface area contributed by atoms with Gasteiger partial charge in [-0.1, -0.05) is 0 Å². The smallest absolute Gasteiger partial charge is 0.328 e. The SMILES string of the molecule is CCOC(=O)C1CCCCN1C(=O)COc1ccc(C#N)cc1OC. The third kappa shape index (κ3) is 4.63. The number of ether oxygens (including phenoxy) is 3. The molecule has 1 aromatic rings. The molecule has 1 heterocycles. The minimum atomic E-state index is -0.548. The van der Waals surface area contributed by atoms with Crippen LogP contribution < -0.4 is 9.47 Å². The minimum Gasteiger partial charge on any atom is -0.493 e. The molecule has 0 spiro atoms. The zero-order valence-electron chi connectivity index (χ0n) is 14.5. The predicted octanol–water partition coefficient (Wildman–Crippen LogP) is 1.89. The van der Waals surface area contributed by atoms with Crippen LogP contribution in [0.15, 0.2) is 18.2 Å². The summed E-state index contributed by atoms with van der Waals surface area (Å²) in [5.74, 6) is 0.114. The Kier molecular flexibility index (Phi) is 6.63. The maximum atomic E-state index is 12.5. The van der Waals surface area contributed by atoms with Crippen molar-refractivity contribution < 1.29 is 23.8 Å². The van der Waals surface area contributed by atoms with E-state index in [0.717, 1.165) is 12.8 Å². The highest BCUT2D eigenvalue weighted by atomic mass is 16.5. The van der Waals surface area contributed by atoms with Gasteiger partial charge in [0.2, 0.25) is 0 Å². The number of carbonyl (C=O) groups is 2. The number of likely N-dealkylation sites (tertiary alicyclic amines) is 1. The Morgan fingerprint density at radius 1 is 1.32 bits per heavy atom. The van der Waals surface area contributed by atoms with Crippen LogP contribution in [0.2, 0.25) is 0 Å². The Hall–Kier alpha value is -2.75. The van der Waals surface area contributed by atoms with Crippen molar-refractivity contribution in [2.24, 2.45) is 0 Å². The van der Waals surface area contributed by atoms with Gasteiger partial charge in [-0.3, -0.25) is 4.79 Å². The van der Waals surface area contributed by atoms with Crippen LogP contribution in [0.25, 0.3) is 0 Å². The van der Waals surface area contributed by atoms with Crippen LogP contribution in [0.5, 0.6) is 11.5 Å². The van der Waals surface area contributed by atoms with Gasteiger partial charge >= 0.3 is 5.97 Å². The van der Waals surface area contributed by atoms with Crippen LogP contribution in [0.3, 0.4) is 0 Å². The summed E-state index contributed by atoms with van der Waals surface area (Å²) in [7, 11) is 1.46. The number of esters is 1. The summed E-state index contributed by atoms with van der Waals surface area (Å²) in [6, 6.07) is 6.18. The van der Waals surface area contributed by atoms with E-state index in [0.29, 0.717) is 30.0 Å². The highest BCUT2D eigenvalue weighted by Crippen LogP contribution is 2.28. The fourth-order valence-corrected chi connectivity index (χ4v) is 2.79. The van der Waals surface area contributed by atoms with Gasteiger partial charge in [0.25, 0.3) is 5.91 Å². The molecule has 1 saturated heterocycles. The zero-order chi connectivity index (χ0) is 18.2. The molecule has 0 saturated carbocycles. The number of hydrogen-bond acceptors (Lipinski definition) is 6. The number of nitrogens with zero attached hydrogens (tertiary/aromatic N) is 2. The van der Waals surface area contributed by atoms with E-state index in [-0.39, 0.29) is 25.1 Å². The Morgan fingerprint density at radius 3 is 2.80 bits per heavy atom. The summed E-state index contributed by atoms with van der Waals surface area (Å²) < 4.78 is 15.8. The van der Waals surface area contributed by atoms with Gasteiger partial charge in [0.05, 0.1) is 25.3 Å². The zero-order valence-corrected chi connectivity index (χ0v) is 14.5. The van der Waals surface area contributed by atoms with Crippen LogP contribution in [-0.4, -0.2) is 49.7 Å². The highest BCUT2D eigenvalue weighted by Gasteiger charge is 2.33. The number of nitriles is 1. The molecule has 1 amide bonds. The van der Waals surface area contributed by atoms with Crippen LogP contribution in [0.4, 0.5) is 0 Å². The van der Waals surface area contributed by atoms with Gasteiger partial charge in [-0.05, 0) is 38.3 Å². The Bertz CT molecular complexity index is 668. The second-order valence-corrected chi connectivity index (χ2v) is 5.62. The van der Waals surface area contributed by atoms with Crippen molar-refractivity contribution in [2.45, 2.75) is 32.2 Å². The first kappa shape index (κ1) is 18.6. The number of piperidine rings is 1. The van der Waals surface area contributed by atoms with Crippen molar-refractivity contribution in [2.75, 3.05) is 26.9 Å². The van der Waals surface area contributed by atoms with Gasteiger partial charge in [0.15, 0.2) is 18.1 Å². The molecule has 1 fully saturated rings. The van der Waals surface area contributed by atoms with E-state index in [2.05, 4.69) is 0 Å². The Labute approximate surface area is 147 Å². The second kappa shape index (κ2) is 8.92. The molecule has 0 radical (unpaired) electrons. The minimum absolute atomic E-state index is 0.210. The topological polar surface area (TPSA) is 88.9 Å². The third-order valence-electron chi connectivity index (χ3n) is 4.03. The van der Waals surface area contributed by atoms with Crippen LogP contribution >= 0.6 is 0 Å². The Balaban J connectivity index is 2.03. The van der Waals surface area contributed by atoms with Gasteiger partial charge in [0.1, 0.15) is 6.04 Å². The van der Waals surface area contributed by atoms with E-state index in [4.69, 9.17) is 19.5 Å². The molecular formula is C18H22N2O5. The lowest BCUT2D eigenvalue weighted by Crippen LogP contribution is -2.50. The molecule has 0 aliphatic carbocycles. The monoisotopic (exact) mass is 346 g/mol. The van der Waals surface area contributed by atoms with E-state index in [9.17, 15) is 9.59 Å². The van der Waals surface area contributed by atoms with Crippen LogP contribution in [0.1, 0.15) is 31.7 Å². The summed E-state index contributed by atoms with van der Waals surface area (Å²) in [6.45, 7) is 2.33. The summed E-state index contributed by atoms with van der Waals surface area (Å²) in [4.78, 5) is 26.1. The molecule has 25 heavy (non-hydrogen) atoms. The van der Waals surface area contributed by atoms with Crippen molar-refractivity contribution >= 4 is 11.9 Å². The number of amides is 1. The maximum Gasteiger partial charge on any atom is 0.328 e. The van der Waals surface area contributed by atoms with E-state index in [1.807, 2.05) is 6.07 Å². The Morgan fingerprint density at radius 2 is 2.12 bits per heavy atom. The molecule has 1 aromatic carbocycles. The van der Waals surface area contributed by atoms with Gasteiger partial charge in [0, 0.05) is 12.6 Å². The largest absolute Gasteiger partial charge is 0.493 e. The van der Waals surface area contributed by atoms with Crippen molar-refractivity contribution in [3.63, 3.8) is 0 Å². The first-order valence-electron chi connectivity index (χ1n) is 8.27. The number of benzene rings is 1. The van der Waals surface area contributed by atoms with Gasteiger partial charge in [-0.15, -0.1) is 0 Å². The first-order chi connectivity index (χ1) is 12.1. The molecule has 1 atom stereocenters. The number of carbonyl (C=O) groups excluding carboxylic acids is 2. The van der Waals surface area contributed by atoms with Gasteiger partial charge in [-0.25, -0.2) is 4.79 Å². The average Bonchev–Trinajstić information content (AvgIpc) is 2.66. The van der Waals surface area contributed by atoms with Crippen LogP contribution in [0, 0.1) is 11.3 Å². The maximum absolute atomic E-state index is 12.5. The molecule has 134 valence electrons. The molecule has 2 rings (SSSR count). The molecule has 1 aliphatic heterocycles. The molecule has 0 N–H and O–H groups in total. The van der Waals surface area contributed by atoms with E-state index in [1.54, 1.807) is 25.1 Å². The van der Waals surface area contributed by atoms with Crippen molar-refractivity contribution in [3.05, 3.63) is 23.8 Å². The van der Waals surface area contributed by atoms with Gasteiger partial charge < -0.3 is 19.1 Å². The van der Waals surface area contributed by atoms with Crippen molar-refractivity contribution in [1.29, 1.82) is 5.26 Å². The molecule has 0 bridgehead atoms. The summed E-state index contributed by atoms with van der Waals surface area (Å²) in [5.41, 5.74) is 0.439. The molecule has 7 nitrogen and oxygen atoms in total. The summed E-state index contributed by atoms with van der Waals surface area (Å²) in [6.07, 6.45) is 2.34. The van der Waals surface area contributed by atoms with E-state index < -0.39 is 6.04 Å². The highest BCUT2D eigenvalue weighted by molar-refractivity contribution is 5.85. The summed E-state index contributed by atoms with van der Waals surface area (Å²) >= 11 is 0. The van der Waals surface area contributed by atoms with Crippen molar-refractivity contribution in [1.82, 2.24) is 4.90 Å². The fraction of sp³-hybridized carbons (Fsp3) is 0.500. The number of rotatable bonds is 6. The lowest BCUT2D eigenvalue weighted by Gasteiger charge is -2.33. The normalized spacial score (nSPS) is 16.7. The molecule has 7 heteroatoms. The van der Waals surface area contributed by atoms with Crippen molar-refractivity contribution in [3.8, 4) is 17.6 Å². The standard InChI is InChI=1S/C18H22N2O5/c1-3-24-18(22)14-6-4-5-9-20(14)17(21)12-25-15-8-7-13(11-19)10-16(15)23-2/h7-8,10,14H,3-6,9,12H2,1-2H3. The second-order valence-electron chi connectivity index (χ2n) is 5.62. The van der Waals surface area contributed by atoms with E-state index >= 15 is 0 Å². The first-order valence-corrected chi connectivity index (χ1v) is 8.27. The lowest BCUT2D eigenvalue weighted by molar-refractivity contribution is -0.157. The van der Waals surface area contributed by atoms with Crippen LogP contribution in [-0.2, 0) is 14.3 Å². The average molecular weight is 346 g/mol. The molecule has 1 unspecified atom stereocenters. The third-order valence-corrected chi connectivity index (χ3v) is 4.03.